The van der Waals surface area contributed by atoms with Gasteiger partial charge in [-0.05, 0) is 55.1 Å². The Balaban J connectivity index is 2.40. The van der Waals surface area contributed by atoms with Gasteiger partial charge >= 0.3 is 0 Å². The first-order valence-corrected chi connectivity index (χ1v) is 6.80. The highest BCUT2D eigenvalue weighted by Gasteiger charge is 2.16. The molecule has 1 N–H and O–H groups in total. The van der Waals surface area contributed by atoms with Crippen molar-refractivity contribution in [2.45, 2.75) is 33.2 Å². The average molecular weight is 255 g/mol. The summed E-state index contributed by atoms with van der Waals surface area (Å²) in [4.78, 5) is 0. The topological polar surface area (TPSA) is 37.8 Å². The number of nitrogens with zero attached hydrogens (tertiary/aromatic N) is 2. The van der Waals surface area contributed by atoms with Crippen LogP contribution in [0.25, 0.3) is 0 Å². The zero-order valence-corrected chi connectivity index (χ0v) is 11.9. The van der Waals surface area contributed by atoms with Crippen molar-refractivity contribution in [2.24, 2.45) is 0 Å². The number of nitrogens with one attached hydrogen (secondary N) is 1. The van der Waals surface area contributed by atoms with E-state index in [4.69, 9.17) is 0 Å². The fourth-order valence-electron chi connectivity index (χ4n) is 2.25. The highest BCUT2D eigenvalue weighted by Crippen LogP contribution is 2.25. The van der Waals surface area contributed by atoms with E-state index >= 15 is 0 Å². The van der Waals surface area contributed by atoms with E-state index < -0.39 is 0 Å². The molecule has 0 aliphatic carbocycles. The molecule has 1 atom stereocenters. The van der Waals surface area contributed by atoms with Crippen LogP contribution < -0.4 is 5.32 Å². The Bertz CT molecular complexity index is 523. The molecule has 100 valence electrons. The summed E-state index contributed by atoms with van der Waals surface area (Å²) in [6, 6.07) is 8.68. The van der Waals surface area contributed by atoms with Crippen LogP contribution in [-0.2, 0) is 0 Å². The normalized spacial score (nSPS) is 12.4. The van der Waals surface area contributed by atoms with Crippen molar-refractivity contribution < 1.29 is 0 Å². The lowest BCUT2D eigenvalue weighted by molar-refractivity contribution is 0.593. The molecule has 1 aromatic carbocycles. The fraction of sp³-hybridized carbons (Fsp3) is 0.375. The van der Waals surface area contributed by atoms with Crippen LogP contribution in [0.2, 0.25) is 0 Å². The number of benzene rings is 1. The minimum absolute atomic E-state index is 0.190. The van der Waals surface area contributed by atoms with E-state index in [1.807, 2.05) is 12.3 Å². The van der Waals surface area contributed by atoms with Gasteiger partial charge in [-0.1, -0.05) is 25.1 Å². The number of hydrogen-bond donors (Lipinski definition) is 1. The maximum Gasteiger partial charge on any atom is 0.0595 e. The molecule has 2 rings (SSSR count). The number of rotatable bonds is 5. The van der Waals surface area contributed by atoms with E-state index in [1.54, 1.807) is 6.20 Å². The van der Waals surface area contributed by atoms with Gasteiger partial charge in [0.1, 0.15) is 0 Å². The Labute approximate surface area is 115 Å². The predicted molar refractivity (Wildman–Crippen MR) is 78.1 cm³/mol. The molecule has 1 unspecified atom stereocenters. The Hall–Kier alpha value is -1.74. The van der Waals surface area contributed by atoms with Crippen molar-refractivity contribution in [1.82, 2.24) is 15.5 Å². The predicted octanol–water partition coefficient (Wildman–Crippen LogP) is 3.18. The SMILES string of the molecule is CCCNC(c1ccnnc1)c1cccc(C)c1C. The maximum atomic E-state index is 4.00. The largest absolute Gasteiger partial charge is 0.306 e. The molecule has 0 saturated heterocycles. The second-order valence-electron chi connectivity index (χ2n) is 4.85. The van der Waals surface area contributed by atoms with Gasteiger partial charge in [-0.15, -0.1) is 0 Å². The minimum Gasteiger partial charge on any atom is -0.306 e. The molecular weight excluding hydrogens is 234 g/mol. The van der Waals surface area contributed by atoms with Crippen molar-refractivity contribution in [3.05, 3.63) is 58.9 Å². The van der Waals surface area contributed by atoms with Crippen molar-refractivity contribution in [1.29, 1.82) is 0 Å². The van der Waals surface area contributed by atoms with Gasteiger partial charge in [0, 0.05) is 6.20 Å². The lowest BCUT2D eigenvalue weighted by atomic mass is 9.93. The zero-order valence-electron chi connectivity index (χ0n) is 11.9. The molecule has 1 heterocycles. The lowest BCUT2D eigenvalue weighted by Gasteiger charge is -2.21. The summed E-state index contributed by atoms with van der Waals surface area (Å²) >= 11 is 0. The van der Waals surface area contributed by atoms with Gasteiger partial charge in [-0.2, -0.15) is 10.2 Å². The number of aryl methyl sites for hydroxylation is 1. The number of hydrogen-bond acceptors (Lipinski definition) is 3. The molecule has 0 saturated carbocycles. The monoisotopic (exact) mass is 255 g/mol. The zero-order chi connectivity index (χ0) is 13.7. The molecule has 0 spiro atoms. The standard InChI is InChI=1S/C16H21N3/c1-4-9-17-16(14-8-10-18-19-11-14)15-7-5-6-12(2)13(15)3/h5-8,10-11,16-17H,4,9H2,1-3H3. The highest BCUT2D eigenvalue weighted by molar-refractivity contribution is 5.39. The molecule has 1 aromatic heterocycles. The third-order valence-electron chi connectivity index (χ3n) is 3.50. The van der Waals surface area contributed by atoms with Crippen molar-refractivity contribution >= 4 is 0 Å². The van der Waals surface area contributed by atoms with E-state index in [0.717, 1.165) is 18.5 Å². The van der Waals surface area contributed by atoms with Gasteiger partial charge in [-0.3, -0.25) is 0 Å². The fourth-order valence-corrected chi connectivity index (χ4v) is 2.25. The highest BCUT2D eigenvalue weighted by atomic mass is 15.1. The van der Waals surface area contributed by atoms with Crippen LogP contribution in [0, 0.1) is 13.8 Å². The molecule has 19 heavy (non-hydrogen) atoms. The summed E-state index contributed by atoms with van der Waals surface area (Å²) in [5.41, 5.74) is 5.15. The van der Waals surface area contributed by atoms with Gasteiger partial charge in [0.2, 0.25) is 0 Å². The molecule has 0 bridgehead atoms. The quantitative estimate of drug-likeness (QED) is 0.891. The van der Waals surface area contributed by atoms with Crippen molar-refractivity contribution in [3.63, 3.8) is 0 Å². The van der Waals surface area contributed by atoms with Crippen LogP contribution in [0.15, 0.2) is 36.7 Å². The molecule has 0 radical (unpaired) electrons. The molecule has 0 fully saturated rings. The summed E-state index contributed by atoms with van der Waals surface area (Å²) in [6.07, 6.45) is 4.70. The van der Waals surface area contributed by atoms with E-state index in [1.165, 1.54) is 16.7 Å². The Morgan fingerprint density at radius 1 is 1.16 bits per heavy atom. The summed E-state index contributed by atoms with van der Waals surface area (Å²) < 4.78 is 0. The van der Waals surface area contributed by atoms with Gasteiger partial charge in [0.05, 0.1) is 12.2 Å². The average Bonchev–Trinajstić information content (AvgIpc) is 2.45. The second kappa shape index (κ2) is 6.43. The first-order chi connectivity index (χ1) is 9.24. The van der Waals surface area contributed by atoms with E-state index in [0.29, 0.717) is 0 Å². The Morgan fingerprint density at radius 3 is 2.68 bits per heavy atom. The summed E-state index contributed by atoms with van der Waals surface area (Å²) in [6.45, 7) is 7.50. The van der Waals surface area contributed by atoms with Crippen molar-refractivity contribution in [3.8, 4) is 0 Å². The molecule has 0 aliphatic rings. The van der Waals surface area contributed by atoms with E-state index in [9.17, 15) is 0 Å². The van der Waals surface area contributed by atoms with E-state index in [-0.39, 0.29) is 6.04 Å². The Morgan fingerprint density at radius 2 is 2.00 bits per heavy atom. The van der Waals surface area contributed by atoms with E-state index in [2.05, 4.69) is 54.5 Å². The first-order valence-electron chi connectivity index (χ1n) is 6.80. The first kappa shape index (κ1) is 13.7. The number of aromatic nitrogens is 2. The van der Waals surface area contributed by atoms with Crippen LogP contribution in [0.5, 0.6) is 0 Å². The van der Waals surface area contributed by atoms with Crippen LogP contribution in [0.4, 0.5) is 0 Å². The van der Waals surface area contributed by atoms with Gasteiger partial charge in [-0.25, -0.2) is 0 Å². The molecule has 3 nitrogen and oxygen atoms in total. The smallest absolute Gasteiger partial charge is 0.0595 e. The van der Waals surface area contributed by atoms with Gasteiger partial charge in [0.25, 0.3) is 0 Å². The second-order valence-corrected chi connectivity index (χ2v) is 4.85. The van der Waals surface area contributed by atoms with Crippen LogP contribution in [0.1, 0.15) is 41.6 Å². The molecule has 0 amide bonds. The summed E-state index contributed by atoms with van der Waals surface area (Å²) in [7, 11) is 0. The van der Waals surface area contributed by atoms with Gasteiger partial charge in [0.15, 0.2) is 0 Å². The summed E-state index contributed by atoms with van der Waals surface area (Å²) in [5, 5.41) is 11.5. The van der Waals surface area contributed by atoms with Crippen LogP contribution >= 0.6 is 0 Å². The lowest BCUT2D eigenvalue weighted by Crippen LogP contribution is -2.24. The van der Waals surface area contributed by atoms with Crippen LogP contribution in [-0.4, -0.2) is 16.7 Å². The molecular formula is C16H21N3. The van der Waals surface area contributed by atoms with Gasteiger partial charge < -0.3 is 5.32 Å². The third kappa shape index (κ3) is 3.18. The molecule has 0 aliphatic heterocycles. The Kier molecular flexibility index (Phi) is 4.63. The molecule has 3 heteroatoms. The summed E-state index contributed by atoms with van der Waals surface area (Å²) in [5.74, 6) is 0. The van der Waals surface area contributed by atoms with Crippen LogP contribution in [0.3, 0.4) is 0 Å². The minimum atomic E-state index is 0.190. The molecule has 2 aromatic rings. The van der Waals surface area contributed by atoms with Crippen molar-refractivity contribution in [2.75, 3.05) is 6.54 Å². The maximum absolute atomic E-state index is 4.00. The third-order valence-corrected chi connectivity index (χ3v) is 3.50.